The van der Waals surface area contributed by atoms with E-state index < -0.39 is 0 Å². The summed E-state index contributed by atoms with van der Waals surface area (Å²) in [6, 6.07) is 25.6. The molecule has 0 bridgehead atoms. The van der Waals surface area contributed by atoms with E-state index in [1.54, 1.807) is 7.11 Å². The summed E-state index contributed by atoms with van der Waals surface area (Å²) in [6.45, 7) is 2.66. The fourth-order valence-corrected chi connectivity index (χ4v) is 4.60. The number of aliphatic hydroxyl groups excluding tert-OH is 1. The first-order valence-electron chi connectivity index (χ1n) is 12.2. The van der Waals surface area contributed by atoms with Crippen LogP contribution in [0.15, 0.2) is 78.9 Å². The van der Waals surface area contributed by atoms with E-state index in [-0.39, 0.29) is 24.5 Å². The van der Waals surface area contributed by atoms with Gasteiger partial charge in [-0.05, 0) is 54.7 Å². The number of rotatable bonds is 10. The molecule has 0 radical (unpaired) electrons. The van der Waals surface area contributed by atoms with Crippen molar-refractivity contribution in [3.05, 3.63) is 90.0 Å². The molecule has 3 aromatic carbocycles. The number of methoxy groups -OCH3 is 1. The number of carbonyl (C=O) groups excluding carboxylic acids is 1. The SMILES string of the molecule is COc1ccccc1Oc1cccc(CN2CCC(NC(=O)C(CCO)c3ccccc3)CC2)c1. The molecule has 0 spiro atoms. The monoisotopic (exact) mass is 474 g/mol. The molecule has 1 aliphatic heterocycles. The highest BCUT2D eigenvalue weighted by Crippen LogP contribution is 2.31. The second kappa shape index (κ2) is 12.4. The second-order valence-electron chi connectivity index (χ2n) is 8.93. The van der Waals surface area contributed by atoms with Gasteiger partial charge in [0.15, 0.2) is 11.5 Å². The minimum absolute atomic E-state index is 0.00453. The Balaban J connectivity index is 1.29. The zero-order valence-electron chi connectivity index (χ0n) is 20.2. The average Bonchev–Trinajstić information content (AvgIpc) is 2.89. The molecule has 0 saturated carbocycles. The standard InChI is InChI=1S/C29H34N2O4/c1-34-27-12-5-6-13-28(27)35-25-11-7-8-22(20-25)21-31-17-14-24(15-18-31)30-29(33)26(16-19-32)23-9-3-2-4-10-23/h2-13,20,24,26,32H,14-19,21H2,1H3,(H,30,33). The van der Waals surface area contributed by atoms with Gasteiger partial charge in [-0.15, -0.1) is 0 Å². The summed E-state index contributed by atoms with van der Waals surface area (Å²) in [5.41, 5.74) is 2.14. The maximum absolute atomic E-state index is 12.9. The Morgan fingerprint density at radius 3 is 2.43 bits per heavy atom. The summed E-state index contributed by atoms with van der Waals surface area (Å²) >= 11 is 0. The lowest BCUT2D eigenvalue weighted by Gasteiger charge is -2.33. The van der Waals surface area contributed by atoms with Gasteiger partial charge in [-0.25, -0.2) is 0 Å². The molecule has 4 rings (SSSR count). The predicted molar refractivity (Wildman–Crippen MR) is 137 cm³/mol. The third-order valence-corrected chi connectivity index (χ3v) is 6.47. The second-order valence-corrected chi connectivity index (χ2v) is 8.93. The zero-order chi connectivity index (χ0) is 24.5. The molecule has 2 N–H and O–H groups in total. The van der Waals surface area contributed by atoms with Gasteiger partial charge in [-0.2, -0.15) is 0 Å². The Kier molecular flexibility index (Phi) is 8.76. The zero-order valence-corrected chi connectivity index (χ0v) is 20.2. The molecule has 3 aromatic rings. The van der Waals surface area contributed by atoms with Crippen LogP contribution in [0.1, 0.15) is 36.3 Å². The van der Waals surface area contributed by atoms with Crippen molar-refractivity contribution in [2.75, 3.05) is 26.8 Å². The largest absolute Gasteiger partial charge is 0.493 e. The van der Waals surface area contributed by atoms with Crippen molar-refractivity contribution < 1.29 is 19.4 Å². The third-order valence-electron chi connectivity index (χ3n) is 6.47. The lowest BCUT2D eigenvalue weighted by Crippen LogP contribution is -2.45. The van der Waals surface area contributed by atoms with E-state index in [2.05, 4.69) is 22.3 Å². The van der Waals surface area contributed by atoms with Crippen LogP contribution in [0.25, 0.3) is 0 Å². The van der Waals surface area contributed by atoms with Gasteiger partial charge in [0.25, 0.3) is 0 Å². The topological polar surface area (TPSA) is 71.0 Å². The van der Waals surface area contributed by atoms with Crippen LogP contribution >= 0.6 is 0 Å². The molecular formula is C29H34N2O4. The van der Waals surface area contributed by atoms with Gasteiger partial charge >= 0.3 is 0 Å². The first-order valence-corrected chi connectivity index (χ1v) is 12.2. The lowest BCUT2D eigenvalue weighted by atomic mass is 9.94. The number of aliphatic hydroxyl groups is 1. The number of likely N-dealkylation sites (tertiary alicyclic amines) is 1. The molecule has 0 aromatic heterocycles. The van der Waals surface area contributed by atoms with Gasteiger partial charge in [-0.3, -0.25) is 9.69 Å². The molecular weight excluding hydrogens is 440 g/mol. The molecule has 184 valence electrons. The molecule has 1 heterocycles. The van der Waals surface area contributed by atoms with E-state index in [1.807, 2.05) is 66.7 Å². The van der Waals surface area contributed by atoms with E-state index in [9.17, 15) is 9.90 Å². The summed E-state index contributed by atoms with van der Waals surface area (Å²) in [5, 5.41) is 12.7. The Labute approximate surface area is 207 Å². The summed E-state index contributed by atoms with van der Waals surface area (Å²) < 4.78 is 11.4. The van der Waals surface area contributed by atoms with Crippen LogP contribution in [0.3, 0.4) is 0 Å². The summed E-state index contributed by atoms with van der Waals surface area (Å²) in [5.74, 6) is 1.87. The Hall–Kier alpha value is -3.35. The van der Waals surface area contributed by atoms with Crippen LogP contribution in [-0.2, 0) is 11.3 Å². The maximum Gasteiger partial charge on any atom is 0.227 e. The van der Waals surface area contributed by atoms with Crippen LogP contribution in [-0.4, -0.2) is 48.8 Å². The first kappa shape index (κ1) is 24.8. The Bertz CT molecular complexity index is 1080. The number of amides is 1. The van der Waals surface area contributed by atoms with Crippen LogP contribution in [0.2, 0.25) is 0 Å². The van der Waals surface area contributed by atoms with E-state index in [0.29, 0.717) is 17.9 Å². The van der Waals surface area contributed by atoms with Gasteiger partial charge in [0.2, 0.25) is 5.91 Å². The summed E-state index contributed by atoms with van der Waals surface area (Å²) in [4.78, 5) is 15.4. The Morgan fingerprint density at radius 1 is 1.00 bits per heavy atom. The van der Waals surface area contributed by atoms with Crippen LogP contribution in [0.5, 0.6) is 17.2 Å². The summed E-state index contributed by atoms with van der Waals surface area (Å²) in [7, 11) is 1.64. The van der Waals surface area contributed by atoms with Gasteiger partial charge < -0.3 is 19.9 Å². The number of nitrogens with one attached hydrogen (secondary N) is 1. The Morgan fingerprint density at radius 2 is 1.71 bits per heavy atom. The number of hydrogen-bond acceptors (Lipinski definition) is 5. The van der Waals surface area contributed by atoms with Crippen molar-refractivity contribution in [1.82, 2.24) is 10.2 Å². The van der Waals surface area contributed by atoms with Crippen molar-refractivity contribution in [1.29, 1.82) is 0 Å². The summed E-state index contributed by atoms with van der Waals surface area (Å²) in [6.07, 6.45) is 2.25. The van der Waals surface area contributed by atoms with Gasteiger partial charge in [-0.1, -0.05) is 54.6 Å². The smallest absolute Gasteiger partial charge is 0.227 e. The minimum atomic E-state index is -0.315. The highest BCUT2D eigenvalue weighted by atomic mass is 16.5. The molecule has 1 amide bonds. The minimum Gasteiger partial charge on any atom is -0.493 e. The number of nitrogens with zero attached hydrogens (tertiary/aromatic N) is 1. The number of benzene rings is 3. The molecule has 1 atom stereocenters. The normalized spacial score (nSPS) is 15.4. The molecule has 1 saturated heterocycles. The molecule has 1 aliphatic rings. The van der Waals surface area contributed by atoms with Crippen LogP contribution < -0.4 is 14.8 Å². The number of para-hydroxylation sites is 2. The van der Waals surface area contributed by atoms with Crippen molar-refractivity contribution in [2.24, 2.45) is 0 Å². The van der Waals surface area contributed by atoms with E-state index >= 15 is 0 Å². The fourth-order valence-electron chi connectivity index (χ4n) is 4.60. The number of hydrogen-bond donors (Lipinski definition) is 2. The highest BCUT2D eigenvalue weighted by molar-refractivity contribution is 5.83. The number of carbonyl (C=O) groups is 1. The molecule has 35 heavy (non-hydrogen) atoms. The van der Waals surface area contributed by atoms with Crippen molar-refractivity contribution in [3.8, 4) is 17.2 Å². The van der Waals surface area contributed by atoms with Crippen LogP contribution in [0, 0.1) is 0 Å². The highest BCUT2D eigenvalue weighted by Gasteiger charge is 2.25. The van der Waals surface area contributed by atoms with E-state index in [0.717, 1.165) is 43.8 Å². The lowest BCUT2D eigenvalue weighted by molar-refractivity contribution is -0.124. The van der Waals surface area contributed by atoms with Crippen molar-refractivity contribution in [2.45, 2.75) is 37.8 Å². The first-order chi connectivity index (χ1) is 17.2. The average molecular weight is 475 g/mol. The van der Waals surface area contributed by atoms with Gasteiger partial charge in [0.1, 0.15) is 5.75 Å². The van der Waals surface area contributed by atoms with E-state index in [1.165, 1.54) is 5.56 Å². The quantitative estimate of drug-likeness (QED) is 0.444. The molecule has 1 unspecified atom stereocenters. The molecule has 6 heteroatoms. The number of ether oxygens (including phenoxy) is 2. The van der Waals surface area contributed by atoms with Crippen molar-refractivity contribution >= 4 is 5.91 Å². The number of piperidine rings is 1. The predicted octanol–water partition coefficient (Wildman–Crippen LogP) is 4.73. The molecule has 6 nitrogen and oxygen atoms in total. The third kappa shape index (κ3) is 6.84. The molecule has 0 aliphatic carbocycles. The van der Waals surface area contributed by atoms with Gasteiger partial charge in [0.05, 0.1) is 13.0 Å². The maximum atomic E-state index is 12.9. The van der Waals surface area contributed by atoms with E-state index in [4.69, 9.17) is 9.47 Å². The fraction of sp³-hybridized carbons (Fsp3) is 0.345. The van der Waals surface area contributed by atoms with Crippen molar-refractivity contribution in [3.63, 3.8) is 0 Å². The van der Waals surface area contributed by atoms with Gasteiger partial charge in [0, 0.05) is 32.3 Å². The molecule has 1 fully saturated rings. The van der Waals surface area contributed by atoms with Crippen LogP contribution in [0.4, 0.5) is 0 Å².